The van der Waals surface area contributed by atoms with Crippen molar-refractivity contribution in [3.63, 3.8) is 0 Å². The van der Waals surface area contributed by atoms with Crippen molar-refractivity contribution in [1.29, 1.82) is 0 Å². The summed E-state index contributed by atoms with van der Waals surface area (Å²) in [7, 11) is 0. The average Bonchev–Trinajstić information content (AvgIpc) is 2.35. The van der Waals surface area contributed by atoms with Crippen LogP contribution < -0.4 is 5.32 Å². The molecular formula is C14H22BrNO. The first-order valence-electron chi connectivity index (χ1n) is 6.19. The molecule has 0 radical (unpaired) electrons. The molecule has 0 aliphatic heterocycles. The summed E-state index contributed by atoms with van der Waals surface area (Å²) in [5.74, 6) is 0. The Morgan fingerprint density at radius 2 is 2.00 bits per heavy atom. The monoisotopic (exact) mass is 299 g/mol. The molecule has 1 unspecified atom stereocenters. The highest BCUT2D eigenvalue weighted by atomic mass is 79.9. The van der Waals surface area contributed by atoms with E-state index in [1.54, 1.807) is 0 Å². The van der Waals surface area contributed by atoms with E-state index in [1.165, 1.54) is 5.56 Å². The van der Waals surface area contributed by atoms with Crippen molar-refractivity contribution in [3.05, 3.63) is 34.3 Å². The van der Waals surface area contributed by atoms with Gasteiger partial charge in [-0.2, -0.15) is 0 Å². The maximum Gasteiger partial charge on any atom is 0.0780 e. The van der Waals surface area contributed by atoms with Gasteiger partial charge < -0.3 is 10.1 Å². The summed E-state index contributed by atoms with van der Waals surface area (Å²) in [4.78, 5) is 0. The van der Waals surface area contributed by atoms with E-state index in [0.29, 0.717) is 6.61 Å². The molecule has 0 aliphatic carbocycles. The molecule has 1 aromatic rings. The van der Waals surface area contributed by atoms with Gasteiger partial charge in [0, 0.05) is 11.0 Å². The van der Waals surface area contributed by atoms with Crippen LogP contribution in [0.4, 0.5) is 0 Å². The normalized spacial score (nSPS) is 14.6. The van der Waals surface area contributed by atoms with E-state index in [2.05, 4.69) is 48.1 Å². The van der Waals surface area contributed by atoms with E-state index in [-0.39, 0.29) is 5.60 Å². The van der Waals surface area contributed by atoms with Crippen LogP contribution in [-0.2, 0) is 11.3 Å². The molecule has 0 heterocycles. The van der Waals surface area contributed by atoms with Gasteiger partial charge in [0.1, 0.15) is 0 Å². The fourth-order valence-corrected chi connectivity index (χ4v) is 1.93. The number of likely N-dealkylation sites (N-methyl/N-ethyl adjacent to an activating group) is 1. The first kappa shape index (κ1) is 14.7. The Morgan fingerprint density at radius 1 is 1.29 bits per heavy atom. The minimum absolute atomic E-state index is 0.0920. The topological polar surface area (TPSA) is 21.3 Å². The van der Waals surface area contributed by atoms with Crippen molar-refractivity contribution in [2.45, 2.75) is 39.4 Å². The van der Waals surface area contributed by atoms with Gasteiger partial charge >= 0.3 is 0 Å². The summed E-state index contributed by atoms with van der Waals surface area (Å²) in [5.41, 5.74) is 1.11. The molecule has 1 rings (SSSR count). The molecule has 0 amide bonds. The van der Waals surface area contributed by atoms with Gasteiger partial charge in [0.15, 0.2) is 0 Å². The lowest BCUT2D eigenvalue weighted by molar-refractivity contribution is -0.0442. The minimum atomic E-state index is -0.0920. The van der Waals surface area contributed by atoms with Crippen molar-refractivity contribution >= 4 is 15.9 Å². The minimum Gasteiger partial charge on any atom is -0.369 e. The zero-order valence-corrected chi connectivity index (χ0v) is 12.5. The standard InChI is InChI=1S/C14H22BrNO/c1-4-14(3,11-16-5-2)17-10-12-8-6-7-9-13(12)15/h6-9,16H,4-5,10-11H2,1-3H3. The molecule has 1 aromatic carbocycles. The van der Waals surface area contributed by atoms with Crippen LogP contribution in [0.5, 0.6) is 0 Å². The lowest BCUT2D eigenvalue weighted by atomic mass is 10.0. The summed E-state index contributed by atoms with van der Waals surface area (Å²) in [6.07, 6.45) is 1.00. The molecule has 0 saturated heterocycles. The Morgan fingerprint density at radius 3 is 2.59 bits per heavy atom. The molecule has 0 aromatic heterocycles. The first-order valence-corrected chi connectivity index (χ1v) is 6.98. The van der Waals surface area contributed by atoms with Crippen LogP contribution in [0.3, 0.4) is 0 Å². The predicted octanol–water partition coefficient (Wildman–Crippen LogP) is 3.74. The second-order valence-corrected chi connectivity index (χ2v) is 5.32. The van der Waals surface area contributed by atoms with Gasteiger partial charge in [-0.25, -0.2) is 0 Å². The summed E-state index contributed by atoms with van der Waals surface area (Å²) in [5, 5.41) is 3.35. The Labute approximate surface area is 113 Å². The summed E-state index contributed by atoms with van der Waals surface area (Å²) < 4.78 is 7.17. The largest absolute Gasteiger partial charge is 0.369 e. The summed E-state index contributed by atoms with van der Waals surface area (Å²) in [6, 6.07) is 8.20. The molecule has 0 aliphatic rings. The number of rotatable bonds is 7. The van der Waals surface area contributed by atoms with E-state index in [9.17, 15) is 0 Å². The van der Waals surface area contributed by atoms with Gasteiger partial charge in [-0.05, 0) is 31.5 Å². The molecule has 0 bridgehead atoms. The molecule has 0 saturated carbocycles. The van der Waals surface area contributed by atoms with Gasteiger partial charge in [-0.1, -0.05) is 48.0 Å². The van der Waals surface area contributed by atoms with E-state index in [1.807, 2.05) is 18.2 Å². The van der Waals surface area contributed by atoms with Crippen molar-refractivity contribution in [1.82, 2.24) is 5.32 Å². The quantitative estimate of drug-likeness (QED) is 0.828. The average molecular weight is 300 g/mol. The second-order valence-electron chi connectivity index (χ2n) is 4.46. The van der Waals surface area contributed by atoms with Crippen LogP contribution in [-0.4, -0.2) is 18.7 Å². The van der Waals surface area contributed by atoms with Gasteiger partial charge in [-0.15, -0.1) is 0 Å². The molecule has 3 heteroatoms. The van der Waals surface area contributed by atoms with E-state index < -0.39 is 0 Å². The highest BCUT2D eigenvalue weighted by Crippen LogP contribution is 2.21. The maximum absolute atomic E-state index is 6.06. The van der Waals surface area contributed by atoms with Gasteiger partial charge in [-0.3, -0.25) is 0 Å². The van der Waals surface area contributed by atoms with Crippen LogP contribution in [0, 0.1) is 0 Å². The molecule has 1 N–H and O–H groups in total. The first-order chi connectivity index (χ1) is 8.11. The summed E-state index contributed by atoms with van der Waals surface area (Å²) in [6.45, 7) is 8.96. The Hall–Kier alpha value is -0.380. The van der Waals surface area contributed by atoms with E-state index in [0.717, 1.165) is 24.0 Å². The Balaban J connectivity index is 2.55. The van der Waals surface area contributed by atoms with Crippen molar-refractivity contribution in [3.8, 4) is 0 Å². The molecule has 2 nitrogen and oxygen atoms in total. The number of hydrogen-bond acceptors (Lipinski definition) is 2. The van der Waals surface area contributed by atoms with E-state index >= 15 is 0 Å². The fourth-order valence-electron chi connectivity index (χ4n) is 1.53. The Bertz CT molecular complexity index is 343. The Kier molecular flexibility index (Phi) is 6.17. The van der Waals surface area contributed by atoms with E-state index in [4.69, 9.17) is 4.74 Å². The molecule has 1 atom stereocenters. The molecule has 17 heavy (non-hydrogen) atoms. The third-order valence-electron chi connectivity index (χ3n) is 3.03. The van der Waals surface area contributed by atoms with Gasteiger partial charge in [0.2, 0.25) is 0 Å². The van der Waals surface area contributed by atoms with Gasteiger partial charge in [0.05, 0.1) is 12.2 Å². The maximum atomic E-state index is 6.06. The lowest BCUT2D eigenvalue weighted by Gasteiger charge is -2.29. The molecular weight excluding hydrogens is 278 g/mol. The highest BCUT2D eigenvalue weighted by Gasteiger charge is 2.22. The molecule has 0 spiro atoms. The van der Waals surface area contributed by atoms with Crippen molar-refractivity contribution < 1.29 is 4.74 Å². The number of benzene rings is 1. The molecule has 0 fully saturated rings. The third-order valence-corrected chi connectivity index (χ3v) is 3.80. The van der Waals surface area contributed by atoms with Crippen LogP contribution in [0.2, 0.25) is 0 Å². The smallest absolute Gasteiger partial charge is 0.0780 e. The third kappa shape index (κ3) is 4.78. The van der Waals surface area contributed by atoms with Crippen LogP contribution in [0.25, 0.3) is 0 Å². The second kappa shape index (κ2) is 7.14. The highest BCUT2D eigenvalue weighted by molar-refractivity contribution is 9.10. The van der Waals surface area contributed by atoms with Crippen molar-refractivity contribution in [2.75, 3.05) is 13.1 Å². The number of nitrogens with one attached hydrogen (secondary N) is 1. The zero-order valence-electron chi connectivity index (χ0n) is 10.9. The van der Waals surface area contributed by atoms with Gasteiger partial charge in [0.25, 0.3) is 0 Å². The fraction of sp³-hybridized carbons (Fsp3) is 0.571. The summed E-state index contributed by atoms with van der Waals surface area (Å²) >= 11 is 3.54. The lowest BCUT2D eigenvalue weighted by Crippen LogP contribution is -2.39. The predicted molar refractivity (Wildman–Crippen MR) is 76.2 cm³/mol. The number of ether oxygens (including phenoxy) is 1. The number of hydrogen-bond donors (Lipinski definition) is 1. The number of halogens is 1. The van der Waals surface area contributed by atoms with Crippen LogP contribution >= 0.6 is 15.9 Å². The van der Waals surface area contributed by atoms with Crippen LogP contribution in [0.1, 0.15) is 32.8 Å². The molecule has 96 valence electrons. The SMILES string of the molecule is CCNCC(C)(CC)OCc1ccccc1Br. The zero-order chi connectivity index (χ0) is 12.7. The van der Waals surface area contributed by atoms with Crippen LogP contribution in [0.15, 0.2) is 28.7 Å². The van der Waals surface area contributed by atoms with Crippen molar-refractivity contribution in [2.24, 2.45) is 0 Å².